The summed E-state index contributed by atoms with van der Waals surface area (Å²) in [4.78, 5) is 21.8. The lowest BCUT2D eigenvalue weighted by Gasteiger charge is -2.39. The number of nitrogens with zero attached hydrogens (tertiary/aromatic N) is 4. The van der Waals surface area contributed by atoms with Crippen molar-refractivity contribution in [3.63, 3.8) is 0 Å². The molecule has 1 aliphatic heterocycles. The molecular formula is C24H36N4OS. The number of carbonyl (C=O) groups is 1. The van der Waals surface area contributed by atoms with Crippen LogP contribution in [-0.4, -0.2) is 45.8 Å². The molecule has 0 aliphatic carbocycles. The molecule has 1 unspecified atom stereocenters. The molecule has 1 atom stereocenters. The Balaban J connectivity index is 1.45. The normalized spacial score (nSPS) is 16.8. The highest BCUT2D eigenvalue weighted by molar-refractivity contribution is 7.09. The van der Waals surface area contributed by atoms with Crippen LogP contribution < -0.4 is 4.90 Å². The Kier molecular flexibility index (Phi) is 8.67. The van der Waals surface area contributed by atoms with E-state index in [1.807, 2.05) is 0 Å². The van der Waals surface area contributed by atoms with E-state index < -0.39 is 0 Å². The monoisotopic (exact) mass is 428 g/mol. The van der Waals surface area contributed by atoms with Crippen LogP contribution in [0, 0.1) is 6.92 Å². The van der Waals surface area contributed by atoms with Crippen molar-refractivity contribution in [2.45, 2.75) is 78.2 Å². The van der Waals surface area contributed by atoms with Gasteiger partial charge in [-0.2, -0.15) is 4.37 Å². The zero-order valence-corrected chi connectivity index (χ0v) is 19.6. The van der Waals surface area contributed by atoms with E-state index in [1.165, 1.54) is 54.8 Å². The van der Waals surface area contributed by atoms with E-state index in [9.17, 15) is 4.79 Å². The number of piperazine rings is 1. The molecule has 1 aromatic carbocycles. The Hall–Kier alpha value is -1.95. The van der Waals surface area contributed by atoms with Crippen molar-refractivity contribution in [3.8, 4) is 0 Å². The molecule has 1 aliphatic rings. The van der Waals surface area contributed by atoms with Gasteiger partial charge in [0.25, 0.3) is 0 Å². The summed E-state index contributed by atoms with van der Waals surface area (Å²) in [5, 5.41) is 0.979. The molecule has 1 fully saturated rings. The van der Waals surface area contributed by atoms with Crippen LogP contribution in [0.3, 0.4) is 0 Å². The second-order valence-electron chi connectivity index (χ2n) is 8.56. The van der Waals surface area contributed by atoms with E-state index in [-0.39, 0.29) is 6.04 Å². The fourth-order valence-corrected chi connectivity index (χ4v) is 4.76. The van der Waals surface area contributed by atoms with Crippen LogP contribution in [0.5, 0.6) is 0 Å². The fourth-order valence-electron chi connectivity index (χ4n) is 4.04. The Morgan fingerprint density at radius 1 is 1.10 bits per heavy atom. The van der Waals surface area contributed by atoms with Crippen molar-refractivity contribution in [3.05, 3.63) is 41.2 Å². The van der Waals surface area contributed by atoms with Gasteiger partial charge in [-0.05, 0) is 25.8 Å². The number of rotatable bonds is 10. The van der Waals surface area contributed by atoms with Gasteiger partial charge in [0.15, 0.2) is 0 Å². The number of anilines is 1. The summed E-state index contributed by atoms with van der Waals surface area (Å²) in [6.45, 7) is 8.94. The molecule has 1 aromatic heterocycles. The molecule has 1 amide bonds. The molecule has 2 aromatic rings. The van der Waals surface area contributed by atoms with Crippen molar-refractivity contribution in [1.29, 1.82) is 0 Å². The van der Waals surface area contributed by atoms with Gasteiger partial charge in [-0.25, -0.2) is 4.98 Å². The van der Waals surface area contributed by atoms with Crippen LogP contribution in [0.25, 0.3) is 0 Å². The van der Waals surface area contributed by atoms with E-state index in [0.717, 1.165) is 43.4 Å². The zero-order chi connectivity index (χ0) is 21.3. The van der Waals surface area contributed by atoms with Crippen molar-refractivity contribution in [1.82, 2.24) is 14.3 Å². The van der Waals surface area contributed by atoms with Gasteiger partial charge in [0, 0.05) is 50.1 Å². The summed E-state index contributed by atoms with van der Waals surface area (Å²) >= 11 is 1.47. The third-order valence-corrected chi connectivity index (χ3v) is 6.72. The second kappa shape index (κ2) is 11.4. The van der Waals surface area contributed by atoms with Gasteiger partial charge >= 0.3 is 0 Å². The van der Waals surface area contributed by atoms with Crippen LogP contribution in [0.15, 0.2) is 24.3 Å². The summed E-state index contributed by atoms with van der Waals surface area (Å²) in [5.74, 6) is 1.20. The SMILES string of the molecule is CCCCCCCCC(=O)N1CCN(c2nc(Cc3ccc(C)cc3)ns2)CC1C. The van der Waals surface area contributed by atoms with Gasteiger partial charge < -0.3 is 9.80 Å². The molecule has 0 radical (unpaired) electrons. The highest BCUT2D eigenvalue weighted by Crippen LogP contribution is 2.23. The Morgan fingerprint density at radius 3 is 2.57 bits per heavy atom. The molecule has 0 bridgehead atoms. The van der Waals surface area contributed by atoms with Crippen molar-refractivity contribution in [2.75, 3.05) is 24.5 Å². The first-order valence-electron chi connectivity index (χ1n) is 11.5. The predicted molar refractivity (Wildman–Crippen MR) is 125 cm³/mol. The molecule has 6 heteroatoms. The lowest BCUT2D eigenvalue weighted by Crippen LogP contribution is -2.54. The van der Waals surface area contributed by atoms with Gasteiger partial charge in [-0.1, -0.05) is 68.9 Å². The summed E-state index contributed by atoms with van der Waals surface area (Å²) in [5.41, 5.74) is 2.51. The Labute approximate surface area is 185 Å². The first-order valence-corrected chi connectivity index (χ1v) is 12.3. The molecule has 164 valence electrons. The summed E-state index contributed by atoms with van der Waals surface area (Å²) in [6, 6.07) is 8.77. The summed E-state index contributed by atoms with van der Waals surface area (Å²) < 4.78 is 4.57. The quantitative estimate of drug-likeness (QED) is 0.487. The van der Waals surface area contributed by atoms with E-state index in [4.69, 9.17) is 4.98 Å². The van der Waals surface area contributed by atoms with Gasteiger partial charge in [0.05, 0.1) is 0 Å². The van der Waals surface area contributed by atoms with Gasteiger partial charge in [0.2, 0.25) is 11.0 Å². The first kappa shape index (κ1) is 22.7. The van der Waals surface area contributed by atoms with Crippen LogP contribution in [0.4, 0.5) is 5.13 Å². The molecule has 1 saturated heterocycles. The second-order valence-corrected chi connectivity index (χ2v) is 9.29. The molecule has 2 heterocycles. The Morgan fingerprint density at radius 2 is 1.83 bits per heavy atom. The number of aryl methyl sites for hydroxylation is 1. The van der Waals surface area contributed by atoms with Crippen molar-refractivity contribution < 1.29 is 4.79 Å². The van der Waals surface area contributed by atoms with Crippen LogP contribution in [0.1, 0.15) is 75.7 Å². The van der Waals surface area contributed by atoms with Crippen molar-refractivity contribution in [2.24, 2.45) is 0 Å². The van der Waals surface area contributed by atoms with Crippen molar-refractivity contribution >= 4 is 22.6 Å². The largest absolute Gasteiger partial charge is 0.343 e. The lowest BCUT2D eigenvalue weighted by molar-refractivity contribution is -0.133. The average Bonchev–Trinajstić information content (AvgIpc) is 3.20. The summed E-state index contributed by atoms with van der Waals surface area (Å²) in [7, 11) is 0. The number of amides is 1. The van der Waals surface area contributed by atoms with Gasteiger partial charge in [-0.3, -0.25) is 4.79 Å². The number of hydrogen-bond donors (Lipinski definition) is 0. The van der Waals surface area contributed by atoms with Crippen LogP contribution >= 0.6 is 11.5 Å². The number of aromatic nitrogens is 2. The predicted octanol–water partition coefficient (Wildman–Crippen LogP) is 5.23. The number of hydrogen-bond acceptors (Lipinski definition) is 5. The van der Waals surface area contributed by atoms with Crippen LogP contribution in [0.2, 0.25) is 0 Å². The van der Waals surface area contributed by atoms with E-state index in [0.29, 0.717) is 12.3 Å². The summed E-state index contributed by atoms with van der Waals surface area (Å²) in [6.07, 6.45) is 8.79. The smallest absolute Gasteiger partial charge is 0.222 e. The lowest BCUT2D eigenvalue weighted by atomic mass is 10.1. The Bertz CT molecular complexity index is 789. The highest BCUT2D eigenvalue weighted by atomic mass is 32.1. The van der Waals surface area contributed by atoms with Crippen LogP contribution in [-0.2, 0) is 11.2 Å². The minimum atomic E-state index is 0.218. The van der Waals surface area contributed by atoms with Gasteiger partial charge in [0.1, 0.15) is 5.82 Å². The zero-order valence-electron chi connectivity index (χ0n) is 18.8. The van der Waals surface area contributed by atoms with E-state index in [2.05, 4.69) is 59.2 Å². The average molecular weight is 429 g/mol. The third-order valence-electron chi connectivity index (χ3n) is 5.90. The fraction of sp³-hybridized carbons (Fsp3) is 0.625. The molecule has 0 spiro atoms. The number of carbonyl (C=O) groups excluding carboxylic acids is 1. The minimum Gasteiger partial charge on any atom is -0.343 e. The topological polar surface area (TPSA) is 49.3 Å². The maximum absolute atomic E-state index is 12.7. The third kappa shape index (κ3) is 6.53. The number of benzene rings is 1. The van der Waals surface area contributed by atoms with E-state index in [1.54, 1.807) is 0 Å². The molecular weight excluding hydrogens is 392 g/mol. The molecule has 5 nitrogen and oxygen atoms in total. The maximum Gasteiger partial charge on any atom is 0.222 e. The minimum absolute atomic E-state index is 0.218. The maximum atomic E-state index is 12.7. The first-order chi connectivity index (χ1) is 14.6. The number of unbranched alkanes of at least 4 members (excludes halogenated alkanes) is 5. The highest BCUT2D eigenvalue weighted by Gasteiger charge is 2.28. The standard InChI is InChI=1S/C24H36N4OS/c1-4-5-6-7-8-9-10-23(29)28-16-15-27(18-20(28)3)24-25-22(26-30-24)17-21-13-11-19(2)12-14-21/h11-14,20H,4-10,15-18H2,1-3H3. The molecule has 0 saturated carbocycles. The van der Waals surface area contributed by atoms with Gasteiger partial charge in [-0.15, -0.1) is 0 Å². The molecule has 30 heavy (non-hydrogen) atoms. The molecule has 3 rings (SSSR count). The molecule has 0 N–H and O–H groups in total. The van der Waals surface area contributed by atoms with E-state index >= 15 is 0 Å².